The minimum absolute atomic E-state index is 0.00180. The van der Waals surface area contributed by atoms with Crippen molar-refractivity contribution in [1.82, 2.24) is 10.2 Å². The molecule has 4 heteroatoms. The summed E-state index contributed by atoms with van der Waals surface area (Å²) in [4.78, 5) is 13.5. The average Bonchev–Trinajstić information content (AvgIpc) is 2.28. The molecule has 1 aromatic rings. The van der Waals surface area contributed by atoms with Crippen LogP contribution in [0.5, 0.6) is 0 Å². The van der Waals surface area contributed by atoms with Crippen LogP contribution in [0.4, 0.5) is 0 Å². The normalized spacial score (nSPS) is 10.4. The number of likely N-dealkylation sites (N-methyl/N-ethyl adjacent to an activating group) is 1. The Kier molecular flexibility index (Phi) is 5.34. The Morgan fingerprint density at radius 2 is 2.11 bits per heavy atom. The van der Waals surface area contributed by atoms with E-state index in [1.165, 1.54) is 0 Å². The van der Waals surface area contributed by atoms with Crippen LogP contribution in [0.3, 0.4) is 0 Å². The van der Waals surface area contributed by atoms with Crippen molar-refractivity contribution in [2.24, 2.45) is 0 Å². The van der Waals surface area contributed by atoms with Gasteiger partial charge in [0, 0.05) is 12.6 Å². The lowest BCUT2D eigenvalue weighted by molar-refractivity contribution is -0.122. The maximum absolute atomic E-state index is 11.6. The summed E-state index contributed by atoms with van der Waals surface area (Å²) in [6.45, 7) is 4.79. The third-order valence-electron chi connectivity index (χ3n) is 2.44. The number of amides is 1. The fraction of sp³-hybridized carbons (Fsp3) is 0.429. The highest BCUT2D eigenvalue weighted by Crippen LogP contribution is 2.09. The van der Waals surface area contributed by atoms with E-state index in [0.29, 0.717) is 18.7 Å². The van der Waals surface area contributed by atoms with Crippen LogP contribution in [0.2, 0.25) is 0 Å². The zero-order valence-electron chi connectivity index (χ0n) is 11.1. The standard InChI is InChI=1S/C14H19N3O/c1-11(2)16-14(18)10-17(3)9-13-7-5-4-6-12(13)8-15/h4-7,11H,9-10H2,1-3H3,(H,16,18). The first-order valence-electron chi connectivity index (χ1n) is 5.99. The molecule has 0 bridgehead atoms. The van der Waals surface area contributed by atoms with Gasteiger partial charge in [-0.15, -0.1) is 0 Å². The minimum atomic E-state index is 0.00180. The smallest absolute Gasteiger partial charge is 0.234 e. The topological polar surface area (TPSA) is 56.1 Å². The van der Waals surface area contributed by atoms with Gasteiger partial charge in [0.25, 0.3) is 0 Å². The van der Waals surface area contributed by atoms with Crippen molar-refractivity contribution in [2.75, 3.05) is 13.6 Å². The number of nitriles is 1. The summed E-state index contributed by atoms with van der Waals surface area (Å²) in [7, 11) is 1.87. The van der Waals surface area contributed by atoms with Crippen LogP contribution in [0, 0.1) is 11.3 Å². The summed E-state index contributed by atoms with van der Waals surface area (Å²) in [6, 6.07) is 9.75. The van der Waals surface area contributed by atoms with E-state index < -0.39 is 0 Å². The van der Waals surface area contributed by atoms with Crippen molar-refractivity contribution in [1.29, 1.82) is 5.26 Å². The minimum Gasteiger partial charge on any atom is -0.353 e. The van der Waals surface area contributed by atoms with Gasteiger partial charge in [-0.05, 0) is 32.5 Å². The molecule has 0 spiro atoms. The fourth-order valence-corrected chi connectivity index (χ4v) is 1.73. The average molecular weight is 245 g/mol. The largest absolute Gasteiger partial charge is 0.353 e. The predicted octanol–water partition coefficient (Wildman–Crippen LogP) is 1.51. The van der Waals surface area contributed by atoms with Gasteiger partial charge in [-0.3, -0.25) is 9.69 Å². The van der Waals surface area contributed by atoms with E-state index in [9.17, 15) is 4.79 Å². The summed E-state index contributed by atoms with van der Waals surface area (Å²) < 4.78 is 0. The molecule has 0 aliphatic carbocycles. The van der Waals surface area contributed by atoms with Crippen LogP contribution >= 0.6 is 0 Å². The van der Waals surface area contributed by atoms with Crippen molar-refractivity contribution in [3.05, 3.63) is 35.4 Å². The molecule has 1 aromatic carbocycles. The van der Waals surface area contributed by atoms with Gasteiger partial charge in [-0.2, -0.15) is 5.26 Å². The highest BCUT2D eigenvalue weighted by Gasteiger charge is 2.09. The molecular formula is C14H19N3O. The third-order valence-corrected chi connectivity index (χ3v) is 2.44. The molecule has 0 atom stereocenters. The van der Waals surface area contributed by atoms with Crippen LogP contribution in [-0.4, -0.2) is 30.4 Å². The second kappa shape index (κ2) is 6.77. The number of nitrogens with zero attached hydrogens (tertiary/aromatic N) is 2. The van der Waals surface area contributed by atoms with Crippen LogP contribution < -0.4 is 5.32 Å². The van der Waals surface area contributed by atoms with E-state index in [1.807, 2.05) is 44.0 Å². The Hall–Kier alpha value is -1.86. The third kappa shape index (κ3) is 4.56. The number of benzene rings is 1. The lowest BCUT2D eigenvalue weighted by atomic mass is 10.1. The van der Waals surface area contributed by atoms with E-state index in [-0.39, 0.29) is 11.9 Å². The van der Waals surface area contributed by atoms with E-state index in [1.54, 1.807) is 6.07 Å². The van der Waals surface area contributed by atoms with Crippen LogP contribution in [0.15, 0.2) is 24.3 Å². The maximum atomic E-state index is 11.6. The van der Waals surface area contributed by atoms with Gasteiger partial charge in [0.15, 0.2) is 0 Å². The second-order valence-electron chi connectivity index (χ2n) is 4.66. The van der Waals surface area contributed by atoms with E-state index in [0.717, 1.165) is 5.56 Å². The Morgan fingerprint density at radius 3 is 2.72 bits per heavy atom. The molecule has 4 nitrogen and oxygen atoms in total. The van der Waals surface area contributed by atoms with Crippen molar-refractivity contribution in [2.45, 2.75) is 26.4 Å². The van der Waals surface area contributed by atoms with Gasteiger partial charge >= 0.3 is 0 Å². The highest BCUT2D eigenvalue weighted by molar-refractivity contribution is 5.78. The second-order valence-corrected chi connectivity index (χ2v) is 4.66. The van der Waals surface area contributed by atoms with E-state index >= 15 is 0 Å². The molecule has 0 radical (unpaired) electrons. The molecule has 0 aliphatic heterocycles. The number of rotatable bonds is 5. The molecule has 1 rings (SSSR count). The molecule has 1 N–H and O–H groups in total. The monoisotopic (exact) mass is 245 g/mol. The molecule has 0 saturated heterocycles. The SMILES string of the molecule is CC(C)NC(=O)CN(C)Cc1ccccc1C#N. The van der Waals surface area contributed by atoms with Gasteiger partial charge in [0.2, 0.25) is 5.91 Å². The Morgan fingerprint density at radius 1 is 1.44 bits per heavy atom. The number of nitrogens with one attached hydrogen (secondary N) is 1. The van der Waals surface area contributed by atoms with Gasteiger partial charge in [-0.1, -0.05) is 18.2 Å². The quantitative estimate of drug-likeness (QED) is 0.855. The first-order valence-corrected chi connectivity index (χ1v) is 5.99. The molecular weight excluding hydrogens is 226 g/mol. The number of carbonyl (C=O) groups is 1. The van der Waals surface area contributed by atoms with Crippen LogP contribution in [-0.2, 0) is 11.3 Å². The number of hydrogen-bond donors (Lipinski definition) is 1. The van der Waals surface area contributed by atoms with E-state index in [4.69, 9.17) is 5.26 Å². The highest BCUT2D eigenvalue weighted by atomic mass is 16.2. The molecule has 0 aliphatic rings. The summed E-state index contributed by atoms with van der Waals surface area (Å²) >= 11 is 0. The molecule has 18 heavy (non-hydrogen) atoms. The first kappa shape index (κ1) is 14.2. The molecule has 0 unspecified atom stereocenters. The maximum Gasteiger partial charge on any atom is 0.234 e. The van der Waals surface area contributed by atoms with E-state index in [2.05, 4.69) is 11.4 Å². The Labute approximate surface area is 108 Å². The Balaban J connectivity index is 2.57. The zero-order chi connectivity index (χ0) is 13.5. The molecule has 1 amide bonds. The van der Waals surface area contributed by atoms with Gasteiger partial charge in [-0.25, -0.2) is 0 Å². The van der Waals surface area contributed by atoms with Gasteiger partial charge in [0.05, 0.1) is 18.2 Å². The van der Waals surface area contributed by atoms with Crippen molar-refractivity contribution < 1.29 is 4.79 Å². The van der Waals surface area contributed by atoms with Crippen LogP contribution in [0.25, 0.3) is 0 Å². The van der Waals surface area contributed by atoms with Crippen molar-refractivity contribution in [3.8, 4) is 6.07 Å². The summed E-state index contributed by atoms with van der Waals surface area (Å²) in [5, 5.41) is 11.8. The van der Waals surface area contributed by atoms with Gasteiger partial charge in [0.1, 0.15) is 0 Å². The Bertz CT molecular complexity index is 449. The molecule has 0 fully saturated rings. The summed E-state index contributed by atoms with van der Waals surface area (Å²) in [5.41, 5.74) is 1.61. The zero-order valence-corrected chi connectivity index (χ0v) is 11.1. The number of hydrogen-bond acceptors (Lipinski definition) is 3. The first-order chi connectivity index (χ1) is 8.52. The molecule has 0 saturated carbocycles. The lowest BCUT2D eigenvalue weighted by Crippen LogP contribution is -2.38. The van der Waals surface area contributed by atoms with Crippen molar-refractivity contribution in [3.63, 3.8) is 0 Å². The molecule has 0 heterocycles. The fourth-order valence-electron chi connectivity index (χ4n) is 1.73. The van der Waals surface area contributed by atoms with Crippen molar-refractivity contribution >= 4 is 5.91 Å². The van der Waals surface area contributed by atoms with Gasteiger partial charge < -0.3 is 5.32 Å². The van der Waals surface area contributed by atoms with Crippen LogP contribution in [0.1, 0.15) is 25.0 Å². The predicted molar refractivity (Wildman–Crippen MR) is 70.8 cm³/mol. The summed E-state index contributed by atoms with van der Waals surface area (Å²) in [5.74, 6) is 0.00180. The molecule has 96 valence electrons. The molecule has 0 aromatic heterocycles. The number of carbonyl (C=O) groups excluding carboxylic acids is 1. The lowest BCUT2D eigenvalue weighted by Gasteiger charge is -2.18. The summed E-state index contributed by atoms with van der Waals surface area (Å²) in [6.07, 6.45) is 0.